The van der Waals surface area contributed by atoms with Crippen LogP contribution in [0.1, 0.15) is 11.1 Å². The van der Waals surface area contributed by atoms with E-state index in [0.29, 0.717) is 16.8 Å². The zero-order chi connectivity index (χ0) is 19.8. The maximum absolute atomic E-state index is 12.7. The fourth-order valence-corrected chi connectivity index (χ4v) is 3.62. The number of carbonyl (C=O) groups is 2. The van der Waals surface area contributed by atoms with E-state index < -0.39 is 30.2 Å². The number of benzene rings is 1. The average molecular weight is 413 g/mol. The third kappa shape index (κ3) is 4.03. The van der Waals surface area contributed by atoms with Gasteiger partial charge in [-0.05, 0) is 18.2 Å². The van der Waals surface area contributed by atoms with Crippen molar-refractivity contribution in [3.05, 3.63) is 46.5 Å². The Hall–Kier alpha value is -2.66. The number of amides is 1. The highest BCUT2D eigenvalue weighted by molar-refractivity contribution is 8.26. The summed E-state index contributed by atoms with van der Waals surface area (Å²) in [5.41, 5.74) is 0.465. The summed E-state index contributed by atoms with van der Waals surface area (Å²) in [5.74, 6) is -1.74. The van der Waals surface area contributed by atoms with Crippen LogP contribution in [0.3, 0.4) is 0 Å². The molecule has 1 aliphatic heterocycles. The number of hydrogen-bond acceptors (Lipinski definition) is 5. The van der Waals surface area contributed by atoms with Crippen molar-refractivity contribution in [2.75, 3.05) is 6.54 Å². The summed E-state index contributed by atoms with van der Waals surface area (Å²) < 4.78 is 38.2. The van der Waals surface area contributed by atoms with E-state index in [4.69, 9.17) is 17.3 Å². The van der Waals surface area contributed by atoms with Crippen LogP contribution in [-0.2, 0) is 15.8 Å². The lowest BCUT2D eigenvalue weighted by atomic mass is 10.1. The van der Waals surface area contributed by atoms with Crippen LogP contribution in [0.15, 0.2) is 35.4 Å². The predicted molar refractivity (Wildman–Crippen MR) is 96.5 cm³/mol. The Labute approximate surface area is 160 Å². The largest absolute Gasteiger partial charge is 0.480 e. The summed E-state index contributed by atoms with van der Waals surface area (Å²) in [6.45, 7) is -0.543. The number of nitrogens with zero attached hydrogens (tertiary/aromatic N) is 2. The lowest BCUT2D eigenvalue weighted by Crippen LogP contribution is -2.33. The molecule has 0 atom stereocenters. The lowest BCUT2D eigenvalue weighted by molar-refractivity contribution is -0.140. The number of alkyl halides is 3. The van der Waals surface area contributed by atoms with Gasteiger partial charge in [0, 0.05) is 17.3 Å². The van der Waals surface area contributed by atoms with Crippen molar-refractivity contribution in [3.63, 3.8) is 0 Å². The Morgan fingerprint density at radius 1 is 1.33 bits per heavy atom. The van der Waals surface area contributed by atoms with Crippen molar-refractivity contribution >= 4 is 46.3 Å². The number of halogens is 3. The van der Waals surface area contributed by atoms with Gasteiger partial charge in [0.1, 0.15) is 10.9 Å². The van der Waals surface area contributed by atoms with Crippen molar-refractivity contribution < 1.29 is 27.9 Å². The number of aromatic amines is 1. The molecule has 0 unspecified atom stereocenters. The number of thiocarbonyl (C=S) groups is 1. The van der Waals surface area contributed by atoms with Gasteiger partial charge in [0.05, 0.1) is 16.2 Å². The molecular weight excluding hydrogens is 403 g/mol. The van der Waals surface area contributed by atoms with Crippen LogP contribution in [-0.4, -0.2) is 42.9 Å². The second-order valence-electron chi connectivity index (χ2n) is 5.43. The summed E-state index contributed by atoms with van der Waals surface area (Å²) in [6, 6.07) is 4.46. The first-order valence-electron chi connectivity index (χ1n) is 7.35. The van der Waals surface area contributed by atoms with E-state index in [1.54, 1.807) is 0 Å². The Morgan fingerprint density at radius 3 is 2.59 bits per heavy atom. The van der Waals surface area contributed by atoms with Crippen LogP contribution in [0.25, 0.3) is 17.3 Å². The number of carbonyl (C=O) groups excluding carboxylic acids is 1. The van der Waals surface area contributed by atoms with E-state index in [1.807, 2.05) is 0 Å². The minimum Gasteiger partial charge on any atom is -0.480 e. The number of thioether (sulfide) groups is 1. The van der Waals surface area contributed by atoms with Crippen molar-refractivity contribution in [2.45, 2.75) is 6.18 Å². The number of hydrogen-bond donors (Lipinski definition) is 2. The van der Waals surface area contributed by atoms with Crippen LogP contribution < -0.4 is 0 Å². The number of carboxylic acids is 1. The maximum Gasteiger partial charge on any atom is 0.416 e. The van der Waals surface area contributed by atoms with Crippen molar-refractivity contribution in [1.82, 2.24) is 15.1 Å². The third-order valence-corrected chi connectivity index (χ3v) is 4.99. The number of H-pyrrole nitrogens is 1. The molecule has 0 spiro atoms. The van der Waals surface area contributed by atoms with E-state index in [9.17, 15) is 22.8 Å². The SMILES string of the molecule is O=C(O)CN1C(=O)/C(=C/c2c[nH]nc2-c2ccc(C(F)(F)F)cc2)SC1=S. The molecule has 1 aromatic carbocycles. The monoisotopic (exact) mass is 413 g/mol. The first kappa shape index (κ1) is 19.1. The smallest absolute Gasteiger partial charge is 0.416 e. The van der Waals surface area contributed by atoms with Crippen molar-refractivity contribution in [2.24, 2.45) is 0 Å². The van der Waals surface area contributed by atoms with Crippen LogP contribution >= 0.6 is 24.0 Å². The summed E-state index contributed by atoms with van der Waals surface area (Å²) in [5, 5.41) is 15.5. The molecule has 1 fully saturated rings. The van der Waals surface area contributed by atoms with E-state index in [-0.39, 0.29) is 9.23 Å². The number of rotatable bonds is 4. The summed E-state index contributed by atoms with van der Waals surface area (Å²) in [6.07, 6.45) is -1.49. The molecule has 1 aliphatic rings. The van der Waals surface area contributed by atoms with Crippen LogP contribution in [0.2, 0.25) is 0 Å². The minimum atomic E-state index is -4.44. The number of aromatic nitrogens is 2. The fourth-order valence-electron chi connectivity index (χ4n) is 2.37. The van der Waals surface area contributed by atoms with Gasteiger partial charge in [-0.1, -0.05) is 36.1 Å². The molecule has 0 saturated carbocycles. The standard InChI is InChI=1S/C16H10F3N3O3S2/c17-16(18,19)10-3-1-8(2-4-10)13-9(6-20-21-13)5-11-14(25)22(7-12(23)24)15(26)27-11/h1-6H,7H2,(H,20,21)(H,23,24)/b11-5-. The quantitative estimate of drug-likeness (QED) is 0.590. The highest BCUT2D eigenvalue weighted by Crippen LogP contribution is 2.35. The van der Waals surface area contributed by atoms with Gasteiger partial charge in [-0.3, -0.25) is 19.6 Å². The Balaban J connectivity index is 1.90. The second-order valence-corrected chi connectivity index (χ2v) is 7.10. The molecule has 6 nitrogen and oxygen atoms in total. The molecule has 2 N–H and O–H groups in total. The highest BCUT2D eigenvalue weighted by atomic mass is 32.2. The molecule has 140 valence electrons. The molecule has 2 heterocycles. The second kappa shape index (κ2) is 7.16. The molecule has 1 saturated heterocycles. The molecule has 1 aromatic heterocycles. The summed E-state index contributed by atoms with van der Waals surface area (Å²) in [7, 11) is 0. The van der Waals surface area contributed by atoms with E-state index in [0.717, 1.165) is 28.8 Å². The molecule has 1 amide bonds. The molecule has 0 bridgehead atoms. The first-order valence-corrected chi connectivity index (χ1v) is 8.58. The summed E-state index contributed by atoms with van der Waals surface area (Å²) in [4.78, 5) is 24.3. The maximum atomic E-state index is 12.7. The molecule has 27 heavy (non-hydrogen) atoms. The molecule has 2 aromatic rings. The topological polar surface area (TPSA) is 86.3 Å². The molecule has 3 rings (SSSR count). The molecule has 11 heteroatoms. The Bertz CT molecular complexity index is 952. The van der Waals surface area contributed by atoms with Crippen LogP contribution in [0, 0.1) is 0 Å². The Morgan fingerprint density at radius 2 is 2.00 bits per heavy atom. The van der Waals surface area contributed by atoms with Gasteiger partial charge < -0.3 is 5.11 Å². The minimum absolute atomic E-state index is 0.119. The number of aliphatic carboxylic acids is 1. The first-order chi connectivity index (χ1) is 12.7. The summed E-state index contributed by atoms with van der Waals surface area (Å²) >= 11 is 5.96. The molecule has 0 radical (unpaired) electrons. The zero-order valence-corrected chi connectivity index (χ0v) is 14.9. The number of nitrogens with one attached hydrogen (secondary N) is 1. The highest BCUT2D eigenvalue weighted by Gasteiger charge is 2.34. The van der Waals surface area contributed by atoms with Gasteiger partial charge in [0.15, 0.2) is 0 Å². The van der Waals surface area contributed by atoms with Crippen LogP contribution in [0.4, 0.5) is 13.2 Å². The van der Waals surface area contributed by atoms with Gasteiger partial charge in [-0.15, -0.1) is 0 Å². The fraction of sp³-hybridized carbons (Fsp3) is 0.125. The lowest BCUT2D eigenvalue weighted by Gasteiger charge is -2.10. The van der Waals surface area contributed by atoms with Crippen molar-refractivity contribution in [3.8, 4) is 11.3 Å². The molecule has 0 aliphatic carbocycles. The van der Waals surface area contributed by atoms with Gasteiger partial charge in [0.25, 0.3) is 5.91 Å². The molecular formula is C16H10F3N3O3S2. The Kier molecular flexibility index (Phi) is 5.07. The van der Waals surface area contributed by atoms with Gasteiger partial charge in [-0.2, -0.15) is 18.3 Å². The van der Waals surface area contributed by atoms with Crippen molar-refractivity contribution in [1.29, 1.82) is 0 Å². The predicted octanol–water partition coefficient (Wildman–Crippen LogP) is 3.38. The number of carboxylic acid groups (broad SMARTS) is 1. The average Bonchev–Trinajstić information content (AvgIpc) is 3.14. The third-order valence-electron chi connectivity index (χ3n) is 3.61. The zero-order valence-electron chi connectivity index (χ0n) is 13.3. The van der Waals surface area contributed by atoms with Gasteiger partial charge in [-0.25, -0.2) is 0 Å². The van der Waals surface area contributed by atoms with E-state index in [1.165, 1.54) is 24.4 Å². The van der Waals surface area contributed by atoms with Crippen LogP contribution in [0.5, 0.6) is 0 Å². The van der Waals surface area contributed by atoms with E-state index in [2.05, 4.69) is 10.2 Å². The van der Waals surface area contributed by atoms with Gasteiger partial charge in [0.2, 0.25) is 0 Å². The van der Waals surface area contributed by atoms with E-state index >= 15 is 0 Å². The van der Waals surface area contributed by atoms with Gasteiger partial charge >= 0.3 is 12.1 Å². The normalized spacial score (nSPS) is 16.4.